The first-order valence-electron chi connectivity index (χ1n) is 7.86. The van der Waals surface area contributed by atoms with E-state index in [1.807, 2.05) is 24.0 Å². The number of hydrogen-bond donors (Lipinski definition) is 0. The summed E-state index contributed by atoms with van der Waals surface area (Å²) < 4.78 is 4.96. The quantitative estimate of drug-likeness (QED) is 0.779. The standard InChI is InChI=1S/C17H24N2O3/c1-4-14-6-8-15(9-7-14)19-11-10-18(13(3)17(19)21)12-16(20)22-5-2/h6-9,13H,4-5,10-12H2,1-3H3/t13-/m0/s1. The summed E-state index contributed by atoms with van der Waals surface area (Å²) >= 11 is 0. The topological polar surface area (TPSA) is 49.9 Å². The van der Waals surface area contributed by atoms with E-state index in [4.69, 9.17) is 4.74 Å². The lowest BCUT2D eigenvalue weighted by Crippen LogP contribution is -2.57. The Morgan fingerprint density at radius 2 is 1.91 bits per heavy atom. The molecule has 1 atom stereocenters. The summed E-state index contributed by atoms with van der Waals surface area (Å²) in [5.41, 5.74) is 2.18. The van der Waals surface area contributed by atoms with Gasteiger partial charge in [0, 0.05) is 18.8 Å². The van der Waals surface area contributed by atoms with Crippen LogP contribution < -0.4 is 4.90 Å². The zero-order chi connectivity index (χ0) is 16.1. The minimum Gasteiger partial charge on any atom is -0.465 e. The molecule has 0 bridgehead atoms. The van der Waals surface area contributed by atoms with Gasteiger partial charge in [-0.2, -0.15) is 0 Å². The molecule has 1 aromatic rings. The van der Waals surface area contributed by atoms with Gasteiger partial charge in [0.05, 0.1) is 19.2 Å². The van der Waals surface area contributed by atoms with Gasteiger partial charge in [-0.05, 0) is 38.0 Å². The number of aryl methyl sites for hydroxylation is 1. The number of benzene rings is 1. The molecule has 0 aliphatic carbocycles. The van der Waals surface area contributed by atoms with Gasteiger partial charge in [0.1, 0.15) is 0 Å². The number of anilines is 1. The van der Waals surface area contributed by atoms with Gasteiger partial charge < -0.3 is 9.64 Å². The fourth-order valence-corrected chi connectivity index (χ4v) is 2.67. The highest BCUT2D eigenvalue weighted by atomic mass is 16.5. The van der Waals surface area contributed by atoms with Crippen molar-refractivity contribution in [2.45, 2.75) is 33.2 Å². The van der Waals surface area contributed by atoms with Crippen molar-refractivity contribution in [3.05, 3.63) is 29.8 Å². The molecule has 1 aliphatic rings. The van der Waals surface area contributed by atoms with Gasteiger partial charge in [-0.25, -0.2) is 0 Å². The Bertz CT molecular complexity index is 527. The second-order valence-corrected chi connectivity index (χ2v) is 5.46. The van der Waals surface area contributed by atoms with Crippen LogP contribution in [0.5, 0.6) is 0 Å². The van der Waals surface area contributed by atoms with Crippen molar-refractivity contribution in [2.24, 2.45) is 0 Å². The highest BCUT2D eigenvalue weighted by molar-refractivity contribution is 5.98. The van der Waals surface area contributed by atoms with Gasteiger partial charge in [0.25, 0.3) is 0 Å². The molecular formula is C17H24N2O3. The molecule has 1 heterocycles. The molecule has 5 nitrogen and oxygen atoms in total. The molecule has 1 saturated heterocycles. The molecule has 5 heteroatoms. The van der Waals surface area contributed by atoms with Crippen LogP contribution in [0.3, 0.4) is 0 Å². The molecule has 0 unspecified atom stereocenters. The molecule has 22 heavy (non-hydrogen) atoms. The van der Waals surface area contributed by atoms with Crippen LogP contribution in [0.1, 0.15) is 26.3 Å². The van der Waals surface area contributed by atoms with Crippen LogP contribution in [0.15, 0.2) is 24.3 Å². The van der Waals surface area contributed by atoms with E-state index in [2.05, 4.69) is 19.1 Å². The summed E-state index contributed by atoms with van der Waals surface area (Å²) in [5, 5.41) is 0. The summed E-state index contributed by atoms with van der Waals surface area (Å²) in [4.78, 5) is 27.8. The molecule has 1 amide bonds. The third kappa shape index (κ3) is 3.65. The molecule has 1 aromatic carbocycles. The molecule has 0 spiro atoms. The molecule has 2 rings (SSSR count). The average Bonchev–Trinajstić information content (AvgIpc) is 2.52. The van der Waals surface area contributed by atoms with Crippen LogP contribution in [0, 0.1) is 0 Å². The molecule has 0 N–H and O–H groups in total. The van der Waals surface area contributed by atoms with E-state index in [-0.39, 0.29) is 24.5 Å². The smallest absolute Gasteiger partial charge is 0.320 e. The number of carbonyl (C=O) groups is 2. The van der Waals surface area contributed by atoms with Crippen LogP contribution in [0.25, 0.3) is 0 Å². The molecule has 0 saturated carbocycles. The maximum absolute atomic E-state index is 12.6. The van der Waals surface area contributed by atoms with Crippen molar-refractivity contribution in [2.75, 3.05) is 31.1 Å². The van der Waals surface area contributed by atoms with Gasteiger partial charge >= 0.3 is 5.97 Å². The molecule has 1 fully saturated rings. The number of piperazine rings is 1. The number of rotatable bonds is 5. The van der Waals surface area contributed by atoms with E-state index in [1.165, 1.54) is 5.56 Å². The van der Waals surface area contributed by atoms with Crippen molar-refractivity contribution in [1.82, 2.24) is 4.90 Å². The van der Waals surface area contributed by atoms with E-state index in [0.29, 0.717) is 19.7 Å². The summed E-state index contributed by atoms with van der Waals surface area (Å²) in [6, 6.07) is 7.77. The van der Waals surface area contributed by atoms with E-state index in [9.17, 15) is 9.59 Å². The van der Waals surface area contributed by atoms with E-state index in [0.717, 1.165) is 12.1 Å². The van der Waals surface area contributed by atoms with E-state index >= 15 is 0 Å². The number of hydrogen-bond acceptors (Lipinski definition) is 4. The van der Waals surface area contributed by atoms with E-state index in [1.54, 1.807) is 11.8 Å². The summed E-state index contributed by atoms with van der Waals surface area (Å²) in [5.74, 6) is -0.248. The fraction of sp³-hybridized carbons (Fsp3) is 0.529. The average molecular weight is 304 g/mol. The van der Waals surface area contributed by atoms with Crippen LogP contribution in [-0.4, -0.2) is 49.1 Å². The predicted octanol–water partition coefficient (Wildman–Crippen LogP) is 1.85. The minimum absolute atomic E-state index is 0.0276. The number of carbonyl (C=O) groups excluding carboxylic acids is 2. The maximum Gasteiger partial charge on any atom is 0.320 e. The van der Waals surface area contributed by atoms with Gasteiger partial charge in [0.15, 0.2) is 0 Å². The van der Waals surface area contributed by atoms with E-state index < -0.39 is 0 Å². The van der Waals surface area contributed by atoms with Crippen molar-refractivity contribution < 1.29 is 14.3 Å². The van der Waals surface area contributed by atoms with Crippen molar-refractivity contribution in [3.8, 4) is 0 Å². The lowest BCUT2D eigenvalue weighted by atomic mass is 10.1. The Morgan fingerprint density at radius 3 is 2.50 bits per heavy atom. The highest BCUT2D eigenvalue weighted by Gasteiger charge is 2.33. The number of esters is 1. The third-order valence-corrected chi connectivity index (χ3v) is 4.08. The van der Waals surface area contributed by atoms with Crippen LogP contribution >= 0.6 is 0 Å². The Hall–Kier alpha value is -1.88. The third-order valence-electron chi connectivity index (χ3n) is 4.08. The Morgan fingerprint density at radius 1 is 1.23 bits per heavy atom. The normalized spacial score (nSPS) is 19.3. The van der Waals surface area contributed by atoms with Gasteiger partial charge in [0.2, 0.25) is 5.91 Å². The number of amides is 1. The van der Waals surface area contributed by atoms with Gasteiger partial charge in [-0.15, -0.1) is 0 Å². The van der Waals surface area contributed by atoms with Crippen LogP contribution in [0.2, 0.25) is 0 Å². The first-order valence-corrected chi connectivity index (χ1v) is 7.86. The van der Waals surface area contributed by atoms with Crippen molar-refractivity contribution in [3.63, 3.8) is 0 Å². The Kier molecular flexibility index (Phi) is 5.55. The van der Waals surface area contributed by atoms with Crippen LogP contribution in [-0.2, 0) is 20.7 Å². The van der Waals surface area contributed by atoms with Gasteiger partial charge in [-0.1, -0.05) is 19.1 Å². The number of nitrogens with zero attached hydrogens (tertiary/aromatic N) is 2. The first kappa shape index (κ1) is 16.5. The SMILES string of the molecule is CCOC(=O)CN1CCN(c2ccc(CC)cc2)C(=O)[C@@H]1C. The summed E-state index contributed by atoms with van der Waals surface area (Å²) in [6.45, 7) is 7.53. The lowest BCUT2D eigenvalue weighted by molar-refractivity contribution is -0.145. The summed E-state index contributed by atoms with van der Waals surface area (Å²) in [7, 11) is 0. The van der Waals surface area contributed by atoms with Crippen molar-refractivity contribution in [1.29, 1.82) is 0 Å². The van der Waals surface area contributed by atoms with Crippen LogP contribution in [0.4, 0.5) is 5.69 Å². The second-order valence-electron chi connectivity index (χ2n) is 5.46. The second kappa shape index (κ2) is 7.40. The molecular weight excluding hydrogens is 280 g/mol. The maximum atomic E-state index is 12.6. The number of ether oxygens (including phenoxy) is 1. The predicted molar refractivity (Wildman–Crippen MR) is 85.8 cm³/mol. The first-order chi connectivity index (χ1) is 10.6. The highest BCUT2D eigenvalue weighted by Crippen LogP contribution is 2.21. The Balaban J connectivity index is 2.03. The van der Waals surface area contributed by atoms with Gasteiger partial charge in [-0.3, -0.25) is 14.5 Å². The molecule has 120 valence electrons. The zero-order valence-corrected chi connectivity index (χ0v) is 13.5. The Labute approximate surface area is 131 Å². The van der Waals surface area contributed by atoms with Crippen molar-refractivity contribution >= 4 is 17.6 Å². The largest absolute Gasteiger partial charge is 0.465 e. The minimum atomic E-state index is -0.316. The fourth-order valence-electron chi connectivity index (χ4n) is 2.67. The zero-order valence-electron chi connectivity index (χ0n) is 13.5. The lowest BCUT2D eigenvalue weighted by Gasteiger charge is -2.38. The monoisotopic (exact) mass is 304 g/mol. The molecule has 0 radical (unpaired) electrons. The molecule has 0 aromatic heterocycles. The molecule has 1 aliphatic heterocycles. The summed E-state index contributed by atoms with van der Waals surface area (Å²) in [6.07, 6.45) is 0.984.